The van der Waals surface area contributed by atoms with Gasteiger partial charge in [-0.05, 0) is 35.4 Å². The lowest BCUT2D eigenvalue weighted by Gasteiger charge is -2.09. The Morgan fingerprint density at radius 3 is 2.43 bits per heavy atom. The maximum absolute atomic E-state index is 11.3. The van der Waals surface area contributed by atoms with Crippen molar-refractivity contribution in [2.24, 2.45) is 0 Å². The molecule has 0 aliphatic rings. The van der Waals surface area contributed by atoms with E-state index >= 15 is 0 Å². The Morgan fingerprint density at radius 1 is 0.857 bits per heavy atom. The summed E-state index contributed by atoms with van der Waals surface area (Å²) >= 11 is 0. The number of nitrogens with zero attached hydrogens (tertiary/aromatic N) is 2. The average molecular weight is 366 g/mol. The predicted octanol–water partition coefficient (Wildman–Crippen LogP) is 6.22. The van der Waals surface area contributed by atoms with Crippen LogP contribution in [0.15, 0.2) is 89.3 Å². The van der Waals surface area contributed by atoms with E-state index in [2.05, 4.69) is 0 Å². The molecule has 2 aromatic heterocycles. The molecule has 0 aliphatic carbocycles. The quantitative estimate of drug-likeness (QED) is 0.281. The van der Waals surface area contributed by atoms with Gasteiger partial charge in [-0.1, -0.05) is 48.5 Å². The Kier molecular flexibility index (Phi) is 3.66. The maximum atomic E-state index is 11.3. The molecule has 28 heavy (non-hydrogen) atoms. The zero-order chi connectivity index (χ0) is 19.1. The maximum Gasteiger partial charge on any atom is 0.270 e. The molecule has 3 aromatic carbocycles. The van der Waals surface area contributed by atoms with E-state index in [0.717, 1.165) is 27.5 Å². The number of nitro groups is 1. The normalized spacial score (nSPS) is 11.1. The lowest BCUT2D eigenvalue weighted by Crippen LogP contribution is -1.92. The summed E-state index contributed by atoms with van der Waals surface area (Å²) in [5, 5.41) is 13.0. The van der Waals surface area contributed by atoms with Crippen molar-refractivity contribution in [1.29, 1.82) is 0 Å². The zero-order valence-electron chi connectivity index (χ0n) is 14.7. The Hall–Kier alpha value is -3.99. The predicted molar refractivity (Wildman–Crippen MR) is 109 cm³/mol. The van der Waals surface area contributed by atoms with Gasteiger partial charge in [0.25, 0.3) is 5.69 Å². The van der Waals surface area contributed by atoms with Gasteiger partial charge in [0.1, 0.15) is 11.3 Å². The van der Waals surface area contributed by atoms with Gasteiger partial charge in [0.15, 0.2) is 5.76 Å². The van der Waals surface area contributed by atoms with Gasteiger partial charge in [0.05, 0.1) is 10.4 Å². The number of para-hydroxylation sites is 1. The third-order valence-electron chi connectivity index (χ3n) is 4.77. The van der Waals surface area contributed by atoms with Crippen molar-refractivity contribution in [3.63, 3.8) is 0 Å². The molecule has 5 rings (SSSR count). The molecule has 134 valence electrons. The molecule has 5 heteroatoms. The Bertz CT molecular complexity index is 1310. The number of benzene rings is 3. The van der Waals surface area contributed by atoms with Crippen LogP contribution in [0.5, 0.6) is 0 Å². The standard InChI is InChI=1S/C23H14N2O3/c26-25(27)17-10-11-20-19(13-17)18(15-6-2-1-3-7-15)14-21(24-20)23-12-16-8-4-5-9-22(16)28-23/h1-14H. The lowest BCUT2D eigenvalue weighted by molar-refractivity contribution is -0.384. The van der Waals surface area contributed by atoms with Gasteiger partial charge >= 0.3 is 0 Å². The summed E-state index contributed by atoms with van der Waals surface area (Å²) in [5.41, 5.74) is 4.06. The molecule has 0 saturated carbocycles. The molecular weight excluding hydrogens is 352 g/mol. The fraction of sp³-hybridized carbons (Fsp3) is 0. The van der Waals surface area contributed by atoms with Crippen LogP contribution in [0.3, 0.4) is 0 Å². The van der Waals surface area contributed by atoms with Crippen LogP contribution in [0, 0.1) is 10.1 Å². The van der Waals surface area contributed by atoms with Crippen molar-refractivity contribution in [1.82, 2.24) is 4.98 Å². The topological polar surface area (TPSA) is 69.2 Å². The second-order valence-corrected chi connectivity index (χ2v) is 6.53. The molecule has 0 saturated heterocycles. The summed E-state index contributed by atoms with van der Waals surface area (Å²) in [6, 6.07) is 26.2. The van der Waals surface area contributed by atoms with Crippen molar-refractivity contribution in [3.05, 3.63) is 95.0 Å². The van der Waals surface area contributed by atoms with Gasteiger partial charge < -0.3 is 4.42 Å². The molecule has 0 atom stereocenters. The smallest absolute Gasteiger partial charge is 0.270 e. The first-order valence-corrected chi connectivity index (χ1v) is 8.82. The summed E-state index contributed by atoms with van der Waals surface area (Å²) in [6.45, 7) is 0. The first kappa shape index (κ1) is 16.2. The molecule has 0 amide bonds. The van der Waals surface area contributed by atoms with Crippen LogP contribution in [0.4, 0.5) is 5.69 Å². The van der Waals surface area contributed by atoms with Crippen LogP contribution >= 0.6 is 0 Å². The number of furan rings is 1. The van der Waals surface area contributed by atoms with E-state index < -0.39 is 0 Å². The van der Waals surface area contributed by atoms with E-state index in [1.807, 2.05) is 66.7 Å². The van der Waals surface area contributed by atoms with E-state index in [4.69, 9.17) is 9.40 Å². The molecule has 0 unspecified atom stereocenters. The molecule has 0 aliphatic heterocycles. The minimum Gasteiger partial charge on any atom is -0.454 e. The second kappa shape index (κ2) is 6.32. The van der Waals surface area contributed by atoms with E-state index in [1.165, 1.54) is 6.07 Å². The van der Waals surface area contributed by atoms with Gasteiger partial charge in [-0.3, -0.25) is 10.1 Å². The molecule has 5 aromatic rings. The first-order valence-electron chi connectivity index (χ1n) is 8.82. The molecular formula is C23H14N2O3. The van der Waals surface area contributed by atoms with Crippen LogP contribution in [0.2, 0.25) is 0 Å². The third kappa shape index (κ3) is 2.70. The van der Waals surface area contributed by atoms with Crippen molar-refractivity contribution in [3.8, 4) is 22.6 Å². The summed E-state index contributed by atoms with van der Waals surface area (Å²) in [6.07, 6.45) is 0. The number of hydrogen-bond donors (Lipinski definition) is 0. The number of rotatable bonds is 3. The van der Waals surface area contributed by atoms with Gasteiger partial charge in [-0.25, -0.2) is 4.98 Å². The number of aromatic nitrogens is 1. The Balaban J connectivity index is 1.79. The summed E-state index contributed by atoms with van der Waals surface area (Å²) in [7, 11) is 0. The van der Waals surface area contributed by atoms with Crippen molar-refractivity contribution >= 4 is 27.6 Å². The van der Waals surface area contributed by atoms with Crippen molar-refractivity contribution < 1.29 is 9.34 Å². The van der Waals surface area contributed by atoms with Crippen molar-refractivity contribution in [2.45, 2.75) is 0 Å². The summed E-state index contributed by atoms with van der Waals surface area (Å²) in [4.78, 5) is 15.6. The highest BCUT2D eigenvalue weighted by molar-refractivity contribution is 5.98. The van der Waals surface area contributed by atoms with Crippen LogP contribution in [0.1, 0.15) is 0 Å². The number of pyridine rings is 1. The summed E-state index contributed by atoms with van der Waals surface area (Å²) in [5.74, 6) is 0.665. The van der Waals surface area contributed by atoms with Crippen LogP contribution in [-0.4, -0.2) is 9.91 Å². The third-order valence-corrected chi connectivity index (χ3v) is 4.77. The molecule has 0 radical (unpaired) electrons. The molecule has 0 fully saturated rings. The highest BCUT2D eigenvalue weighted by Gasteiger charge is 2.15. The Labute approximate surface area is 160 Å². The van der Waals surface area contributed by atoms with Crippen LogP contribution < -0.4 is 0 Å². The van der Waals surface area contributed by atoms with E-state index in [0.29, 0.717) is 17.0 Å². The largest absolute Gasteiger partial charge is 0.454 e. The van der Waals surface area contributed by atoms with E-state index in [-0.39, 0.29) is 10.6 Å². The molecule has 5 nitrogen and oxygen atoms in total. The van der Waals surface area contributed by atoms with E-state index in [1.54, 1.807) is 12.1 Å². The average Bonchev–Trinajstić information content (AvgIpc) is 3.17. The van der Waals surface area contributed by atoms with Gasteiger partial charge in [-0.15, -0.1) is 0 Å². The number of hydrogen-bond acceptors (Lipinski definition) is 4. The zero-order valence-corrected chi connectivity index (χ0v) is 14.7. The fourth-order valence-electron chi connectivity index (χ4n) is 3.42. The van der Waals surface area contributed by atoms with E-state index in [9.17, 15) is 10.1 Å². The highest BCUT2D eigenvalue weighted by atomic mass is 16.6. The monoisotopic (exact) mass is 366 g/mol. The first-order chi connectivity index (χ1) is 13.7. The Morgan fingerprint density at radius 2 is 1.64 bits per heavy atom. The van der Waals surface area contributed by atoms with Gasteiger partial charge in [-0.2, -0.15) is 0 Å². The minimum atomic E-state index is -0.388. The molecule has 0 bridgehead atoms. The van der Waals surface area contributed by atoms with Gasteiger partial charge in [0.2, 0.25) is 0 Å². The minimum absolute atomic E-state index is 0.0444. The second-order valence-electron chi connectivity index (χ2n) is 6.53. The SMILES string of the molecule is O=[N+]([O-])c1ccc2nc(-c3cc4ccccc4o3)cc(-c3ccccc3)c2c1. The number of fused-ring (bicyclic) bond motifs is 2. The molecule has 0 spiro atoms. The van der Waals surface area contributed by atoms with Crippen molar-refractivity contribution in [2.75, 3.05) is 0 Å². The molecule has 2 heterocycles. The van der Waals surface area contributed by atoms with Gasteiger partial charge in [0, 0.05) is 22.9 Å². The number of nitro benzene ring substituents is 1. The highest BCUT2D eigenvalue weighted by Crippen LogP contribution is 2.35. The lowest BCUT2D eigenvalue weighted by atomic mass is 9.99. The number of non-ortho nitro benzene ring substituents is 1. The van der Waals surface area contributed by atoms with Crippen LogP contribution in [-0.2, 0) is 0 Å². The molecule has 0 N–H and O–H groups in total. The van der Waals surface area contributed by atoms with Crippen LogP contribution in [0.25, 0.3) is 44.5 Å². The fourth-order valence-corrected chi connectivity index (χ4v) is 3.42. The summed E-state index contributed by atoms with van der Waals surface area (Å²) < 4.78 is 5.99.